The first-order chi connectivity index (χ1) is 9.96. The molecule has 0 amide bonds. The summed E-state index contributed by atoms with van der Waals surface area (Å²) in [5.74, 6) is 0. The first-order valence-electron chi connectivity index (χ1n) is 7.06. The zero-order valence-electron chi connectivity index (χ0n) is 12.6. The molecular weight excluding hydrogens is 290 g/mol. The molecule has 0 radical (unpaired) electrons. The number of aliphatic hydroxyl groups excluding tert-OH is 1. The number of sulfonamides is 1. The molecule has 1 fully saturated rings. The highest BCUT2D eigenvalue weighted by Gasteiger charge is 2.25. The van der Waals surface area contributed by atoms with Gasteiger partial charge >= 0.3 is 0 Å². The second-order valence-electron chi connectivity index (χ2n) is 5.31. The zero-order valence-corrected chi connectivity index (χ0v) is 13.4. The Bertz CT molecular complexity index is 567. The Morgan fingerprint density at radius 2 is 1.76 bits per heavy atom. The Morgan fingerprint density at radius 3 is 2.33 bits per heavy atom. The summed E-state index contributed by atoms with van der Waals surface area (Å²) in [5, 5.41) is 8.97. The molecule has 0 aromatic heterocycles. The van der Waals surface area contributed by atoms with Crippen LogP contribution in [0.25, 0.3) is 0 Å². The number of nitrogens with zero attached hydrogens (tertiary/aromatic N) is 3. The van der Waals surface area contributed by atoms with Gasteiger partial charge in [0.15, 0.2) is 0 Å². The summed E-state index contributed by atoms with van der Waals surface area (Å²) in [4.78, 5) is 4.63. The van der Waals surface area contributed by atoms with Crippen LogP contribution in [0.1, 0.15) is 0 Å². The Labute approximate surface area is 126 Å². The second kappa shape index (κ2) is 6.74. The van der Waals surface area contributed by atoms with Crippen molar-refractivity contribution in [3.05, 3.63) is 24.3 Å². The highest BCUT2D eigenvalue weighted by atomic mass is 32.2. The van der Waals surface area contributed by atoms with Crippen molar-refractivity contribution in [1.82, 2.24) is 9.21 Å². The van der Waals surface area contributed by atoms with Crippen LogP contribution in [0.2, 0.25) is 0 Å². The number of hydrogen-bond donors (Lipinski definition) is 1. The van der Waals surface area contributed by atoms with E-state index >= 15 is 0 Å². The van der Waals surface area contributed by atoms with Gasteiger partial charge in [-0.1, -0.05) is 12.1 Å². The minimum atomic E-state index is -3.44. The van der Waals surface area contributed by atoms with Crippen LogP contribution in [-0.2, 0) is 10.0 Å². The van der Waals surface area contributed by atoms with Crippen LogP contribution < -0.4 is 4.90 Å². The van der Waals surface area contributed by atoms with Gasteiger partial charge in [-0.3, -0.25) is 4.90 Å². The number of piperazine rings is 1. The summed E-state index contributed by atoms with van der Waals surface area (Å²) in [6.07, 6.45) is 0. The van der Waals surface area contributed by atoms with Crippen LogP contribution in [-0.4, -0.2) is 76.2 Å². The van der Waals surface area contributed by atoms with Gasteiger partial charge in [-0.05, 0) is 12.1 Å². The smallest absolute Gasteiger partial charge is 0.244 e. The molecule has 0 saturated carbocycles. The predicted molar refractivity (Wildman–Crippen MR) is 83.1 cm³/mol. The van der Waals surface area contributed by atoms with Crippen molar-refractivity contribution >= 4 is 15.7 Å². The molecule has 118 valence electrons. The van der Waals surface area contributed by atoms with Gasteiger partial charge in [-0.25, -0.2) is 12.7 Å². The van der Waals surface area contributed by atoms with E-state index < -0.39 is 10.0 Å². The maximum absolute atomic E-state index is 12.4. The van der Waals surface area contributed by atoms with Gasteiger partial charge in [0.1, 0.15) is 4.90 Å². The third-order valence-electron chi connectivity index (χ3n) is 3.75. The quantitative estimate of drug-likeness (QED) is 0.832. The Balaban J connectivity index is 2.23. The van der Waals surface area contributed by atoms with Crippen molar-refractivity contribution in [1.29, 1.82) is 0 Å². The number of rotatable bonds is 5. The van der Waals surface area contributed by atoms with Gasteiger partial charge in [0, 0.05) is 46.8 Å². The Kier molecular flexibility index (Phi) is 5.21. The minimum Gasteiger partial charge on any atom is -0.395 e. The Hall–Kier alpha value is -1.15. The fraction of sp³-hybridized carbons (Fsp3) is 0.571. The molecule has 0 aliphatic carbocycles. The number of anilines is 1. The maximum Gasteiger partial charge on any atom is 0.244 e. The molecule has 1 aromatic carbocycles. The summed E-state index contributed by atoms with van der Waals surface area (Å²) in [6.45, 7) is 4.02. The number of hydrogen-bond acceptors (Lipinski definition) is 5. The monoisotopic (exact) mass is 313 g/mol. The molecule has 21 heavy (non-hydrogen) atoms. The third kappa shape index (κ3) is 3.55. The standard InChI is InChI=1S/C14H23N3O3S/c1-15(2)21(19,20)14-6-4-3-5-13(14)17-9-7-16(8-10-17)11-12-18/h3-6,18H,7-12H2,1-2H3. The zero-order chi connectivity index (χ0) is 15.5. The van der Waals surface area contributed by atoms with E-state index in [2.05, 4.69) is 9.80 Å². The molecule has 1 saturated heterocycles. The van der Waals surface area contributed by atoms with Crippen molar-refractivity contribution < 1.29 is 13.5 Å². The molecule has 2 rings (SSSR count). The number of aliphatic hydroxyl groups is 1. The average molecular weight is 313 g/mol. The van der Waals surface area contributed by atoms with Crippen molar-refractivity contribution in [2.75, 3.05) is 58.3 Å². The average Bonchev–Trinajstić information content (AvgIpc) is 2.48. The third-order valence-corrected chi connectivity index (χ3v) is 5.62. The molecule has 0 unspecified atom stereocenters. The predicted octanol–water partition coefficient (Wildman–Crippen LogP) is 0.0512. The maximum atomic E-state index is 12.4. The van der Waals surface area contributed by atoms with Crippen LogP contribution in [0.3, 0.4) is 0 Å². The summed E-state index contributed by atoms with van der Waals surface area (Å²) < 4.78 is 26.1. The lowest BCUT2D eigenvalue weighted by atomic mass is 10.2. The van der Waals surface area contributed by atoms with Crippen molar-refractivity contribution in [2.45, 2.75) is 4.90 Å². The molecule has 7 heteroatoms. The molecule has 1 aliphatic rings. The van der Waals surface area contributed by atoms with Crippen LogP contribution in [0.4, 0.5) is 5.69 Å². The number of para-hydroxylation sites is 1. The molecule has 1 aliphatic heterocycles. The molecule has 0 spiro atoms. The molecule has 0 bridgehead atoms. The second-order valence-corrected chi connectivity index (χ2v) is 7.43. The van der Waals surface area contributed by atoms with E-state index in [1.54, 1.807) is 26.2 Å². The lowest BCUT2D eigenvalue weighted by molar-refractivity contribution is 0.188. The topological polar surface area (TPSA) is 64.1 Å². The fourth-order valence-electron chi connectivity index (χ4n) is 2.49. The lowest BCUT2D eigenvalue weighted by Gasteiger charge is -2.36. The molecule has 1 heterocycles. The van der Waals surface area contributed by atoms with Gasteiger partial charge in [0.05, 0.1) is 12.3 Å². The van der Waals surface area contributed by atoms with Crippen LogP contribution in [0, 0.1) is 0 Å². The van der Waals surface area contributed by atoms with Gasteiger partial charge < -0.3 is 10.0 Å². The van der Waals surface area contributed by atoms with Gasteiger partial charge in [0.25, 0.3) is 0 Å². The van der Waals surface area contributed by atoms with Crippen molar-refractivity contribution in [3.63, 3.8) is 0 Å². The normalized spacial score (nSPS) is 17.4. The highest BCUT2D eigenvalue weighted by Crippen LogP contribution is 2.27. The number of β-amino-alcohol motifs (C(OH)–C–C–N with tert-alkyl or cyclic N) is 1. The summed E-state index contributed by atoms with van der Waals surface area (Å²) >= 11 is 0. The molecular formula is C14H23N3O3S. The van der Waals surface area contributed by atoms with Crippen LogP contribution in [0.15, 0.2) is 29.2 Å². The SMILES string of the molecule is CN(C)S(=O)(=O)c1ccccc1N1CCN(CCO)CC1. The highest BCUT2D eigenvalue weighted by molar-refractivity contribution is 7.89. The first kappa shape index (κ1) is 16.2. The minimum absolute atomic E-state index is 0.158. The van der Waals surface area contributed by atoms with Gasteiger partial charge in [-0.2, -0.15) is 0 Å². The van der Waals surface area contributed by atoms with E-state index in [0.29, 0.717) is 11.4 Å². The van der Waals surface area contributed by atoms with E-state index in [-0.39, 0.29) is 6.61 Å². The van der Waals surface area contributed by atoms with E-state index in [9.17, 15) is 8.42 Å². The van der Waals surface area contributed by atoms with Crippen LogP contribution >= 0.6 is 0 Å². The van der Waals surface area contributed by atoms with Gasteiger partial charge in [0.2, 0.25) is 10.0 Å². The molecule has 1 aromatic rings. The fourth-order valence-corrected chi connectivity index (χ4v) is 3.59. The molecule has 0 atom stereocenters. The van der Waals surface area contributed by atoms with Crippen molar-refractivity contribution in [3.8, 4) is 0 Å². The van der Waals surface area contributed by atoms with E-state index in [0.717, 1.165) is 31.9 Å². The van der Waals surface area contributed by atoms with Gasteiger partial charge in [-0.15, -0.1) is 0 Å². The number of benzene rings is 1. The van der Waals surface area contributed by atoms with E-state index in [1.165, 1.54) is 4.31 Å². The lowest BCUT2D eigenvalue weighted by Crippen LogP contribution is -2.47. The van der Waals surface area contributed by atoms with Crippen LogP contribution in [0.5, 0.6) is 0 Å². The van der Waals surface area contributed by atoms with Crippen molar-refractivity contribution in [2.24, 2.45) is 0 Å². The Morgan fingerprint density at radius 1 is 1.14 bits per heavy atom. The summed E-state index contributed by atoms with van der Waals surface area (Å²) in [7, 11) is -0.349. The van der Waals surface area contributed by atoms with E-state index in [4.69, 9.17) is 5.11 Å². The molecule has 6 nitrogen and oxygen atoms in total. The van der Waals surface area contributed by atoms with E-state index in [1.807, 2.05) is 12.1 Å². The summed E-state index contributed by atoms with van der Waals surface area (Å²) in [6, 6.07) is 7.13. The first-order valence-corrected chi connectivity index (χ1v) is 8.50. The molecule has 1 N–H and O–H groups in total. The largest absolute Gasteiger partial charge is 0.395 e. The summed E-state index contributed by atoms with van der Waals surface area (Å²) in [5.41, 5.74) is 0.759.